The second kappa shape index (κ2) is 9.15. The van der Waals surface area contributed by atoms with Crippen molar-refractivity contribution in [1.82, 2.24) is 9.62 Å². The molecule has 0 saturated carbocycles. The number of nitrogens with one attached hydrogen (secondary N) is 1. The van der Waals surface area contributed by atoms with E-state index in [0.717, 1.165) is 37.2 Å². The van der Waals surface area contributed by atoms with Crippen molar-refractivity contribution >= 4 is 33.1 Å². The van der Waals surface area contributed by atoms with Crippen LogP contribution in [0.5, 0.6) is 0 Å². The molecule has 0 aromatic carbocycles. The molecule has 1 N–H and O–H groups in total. The van der Waals surface area contributed by atoms with Crippen molar-refractivity contribution in [3.63, 3.8) is 0 Å². The van der Waals surface area contributed by atoms with Crippen molar-refractivity contribution in [2.45, 2.75) is 43.5 Å². The lowest BCUT2D eigenvalue weighted by Crippen LogP contribution is -2.35. The highest BCUT2D eigenvalue weighted by atomic mass is 32.2. The van der Waals surface area contributed by atoms with E-state index < -0.39 is 10.0 Å². The third-order valence-corrected chi connectivity index (χ3v) is 7.46. The van der Waals surface area contributed by atoms with E-state index in [1.807, 2.05) is 18.6 Å². The molecule has 122 valence electrons. The Kier molecular flexibility index (Phi) is 8.26. The maximum Gasteiger partial charge on any atom is 0.252 e. The molecule has 21 heavy (non-hydrogen) atoms. The summed E-state index contributed by atoms with van der Waals surface area (Å²) >= 11 is 3.05. The van der Waals surface area contributed by atoms with Crippen LogP contribution in [0.25, 0.3) is 0 Å². The molecule has 0 aliphatic carbocycles. The molecule has 1 aromatic heterocycles. The Morgan fingerprint density at radius 2 is 2.19 bits per heavy atom. The molecule has 0 aliphatic heterocycles. The van der Waals surface area contributed by atoms with Gasteiger partial charge in [-0.25, -0.2) is 8.42 Å². The first-order valence-electron chi connectivity index (χ1n) is 7.18. The molecule has 1 unspecified atom stereocenters. The highest BCUT2D eigenvalue weighted by Crippen LogP contribution is 2.25. The number of rotatable bonds is 10. The van der Waals surface area contributed by atoms with Crippen LogP contribution in [0.1, 0.15) is 32.3 Å². The van der Waals surface area contributed by atoms with Gasteiger partial charge in [0.05, 0.1) is 0 Å². The standard InChI is InChI=1S/C14H26N2O2S3/c1-5-7-15-10-13-9-14(20-11-13)21(17,18)16(3)12(2)6-8-19-4/h9,11-12,15H,5-8,10H2,1-4H3. The van der Waals surface area contributed by atoms with Gasteiger partial charge >= 0.3 is 0 Å². The molecule has 7 heteroatoms. The van der Waals surface area contributed by atoms with E-state index in [9.17, 15) is 8.42 Å². The molecule has 0 saturated heterocycles. The highest BCUT2D eigenvalue weighted by Gasteiger charge is 2.26. The normalized spacial score (nSPS) is 13.8. The fourth-order valence-corrected chi connectivity index (χ4v) is 5.20. The van der Waals surface area contributed by atoms with Gasteiger partial charge in [-0.05, 0) is 55.3 Å². The number of sulfonamides is 1. The average molecular weight is 351 g/mol. The molecular weight excluding hydrogens is 324 g/mol. The Morgan fingerprint density at radius 3 is 2.81 bits per heavy atom. The largest absolute Gasteiger partial charge is 0.313 e. The Balaban J connectivity index is 2.73. The predicted molar refractivity (Wildman–Crippen MR) is 93.7 cm³/mol. The molecule has 1 aromatic rings. The van der Waals surface area contributed by atoms with Gasteiger partial charge in [-0.1, -0.05) is 6.92 Å². The number of thiophene rings is 1. The molecule has 0 spiro atoms. The first-order chi connectivity index (χ1) is 9.93. The monoisotopic (exact) mass is 350 g/mol. The Morgan fingerprint density at radius 1 is 1.48 bits per heavy atom. The molecule has 1 heterocycles. The Bertz CT molecular complexity index is 514. The van der Waals surface area contributed by atoms with Gasteiger partial charge in [-0.15, -0.1) is 11.3 Å². The lowest BCUT2D eigenvalue weighted by molar-refractivity contribution is 0.383. The zero-order chi connectivity index (χ0) is 15.9. The minimum Gasteiger partial charge on any atom is -0.313 e. The minimum atomic E-state index is -3.36. The van der Waals surface area contributed by atoms with Gasteiger partial charge in [-0.3, -0.25) is 0 Å². The molecule has 0 bridgehead atoms. The van der Waals surface area contributed by atoms with Crippen molar-refractivity contribution < 1.29 is 8.42 Å². The third kappa shape index (κ3) is 5.56. The predicted octanol–water partition coefficient (Wildman–Crippen LogP) is 3.01. The van der Waals surface area contributed by atoms with Crippen LogP contribution in [0, 0.1) is 0 Å². The van der Waals surface area contributed by atoms with E-state index in [2.05, 4.69) is 12.2 Å². The van der Waals surface area contributed by atoms with Crippen molar-refractivity contribution in [2.24, 2.45) is 0 Å². The van der Waals surface area contributed by atoms with Crippen molar-refractivity contribution in [3.8, 4) is 0 Å². The quantitative estimate of drug-likeness (QED) is 0.659. The summed E-state index contributed by atoms with van der Waals surface area (Å²) in [6.45, 7) is 5.75. The second-order valence-corrected chi connectivity index (χ2v) is 9.22. The number of hydrogen-bond acceptors (Lipinski definition) is 5. The number of hydrogen-bond donors (Lipinski definition) is 1. The van der Waals surface area contributed by atoms with Crippen LogP contribution < -0.4 is 5.32 Å². The molecule has 0 aliphatic rings. The highest BCUT2D eigenvalue weighted by molar-refractivity contribution is 7.98. The van der Waals surface area contributed by atoms with Crippen LogP contribution in [-0.4, -0.2) is 44.4 Å². The van der Waals surface area contributed by atoms with Gasteiger partial charge < -0.3 is 5.32 Å². The molecule has 0 amide bonds. The first-order valence-corrected chi connectivity index (χ1v) is 10.9. The van der Waals surface area contributed by atoms with Gasteiger partial charge in [-0.2, -0.15) is 16.1 Å². The number of nitrogens with zero attached hydrogens (tertiary/aromatic N) is 1. The van der Waals surface area contributed by atoms with E-state index in [4.69, 9.17) is 0 Å². The van der Waals surface area contributed by atoms with Crippen LogP contribution >= 0.6 is 23.1 Å². The molecular formula is C14H26N2O2S3. The van der Waals surface area contributed by atoms with Crippen LogP contribution in [0.4, 0.5) is 0 Å². The lowest BCUT2D eigenvalue weighted by atomic mass is 10.3. The molecule has 0 fully saturated rings. The van der Waals surface area contributed by atoms with Crippen LogP contribution in [-0.2, 0) is 16.6 Å². The Labute approximate surface area is 137 Å². The topological polar surface area (TPSA) is 49.4 Å². The molecule has 4 nitrogen and oxygen atoms in total. The summed E-state index contributed by atoms with van der Waals surface area (Å²) in [5.74, 6) is 0.970. The van der Waals surface area contributed by atoms with Gasteiger partial charge in [0.25, 0.3) is 10.0 Å². The Hall–Kier alpha value is -0.0800. The SMILES string of the molecule is CCCNCc1csc(S(=O)(=O)N(C)C(C)CCSC)c1. The lowest BCUT2D eigenvalue weighted by Gasteiger charge is -2.23. The second-order valence-electron chi connectivity index (χ2n) is 5.10. The maximum atomic E-state index is 12.6. The average Bonchev–Trinajstić information content (AvgIpc) is 2.93. The van der Waals surface area contributed by atoms with Crippen molar-refractivity contribution in [3.05, 3.63) is 17.0 Å². The van der Waals surface area contributed by atoms with Gasteiger partial charge in [0.15, 0.2) is 0 Å². The summed E-state index contributed by atoms with van der Waals surface area (Å²) in [5.41, 5.74) is 1.04. The maximum absolute atomic E-state index is 12.6. The zero-order valence-electron chi connectivity index (χ0n) is 13.3. The summed E-state index contributed by atoms with van der Waals surface area (Å²) in [5, 5.41) is 5.22. The molecule has 0 radical (unpaired) electrons. The summed E-state index contributed by atoms with van der Waals surface area (Å²) in [4.78, 5) is 0. The van der Waals surface area contributed by atoms with Crippen molar-refractivity contribution in [1.29, 1.82) is 0 Å². The van der Waals surface area contributed by atoms with E-state index in [1.54, 1.807) is 24.9 Å². The molecule has 1 atom stereocenters. The fraction of sp³-hybridized carbons (Fsp3) is 0.714. The van der Waals surface area contributed by atoms with Crippen molar-refractivity contribution in [2.75, 3.05) is 25.6 Å². The van der Waals surface area contributed by atoms with Gasteiger partial charge in [0.1, 0.15) is 4.21 Å². The zero-order valence-corrected chi connectivity index (χ0v) is 15.7. The molecule has 1 rings (SSSR count). The smallest absolute Gasteiger partial charge is 0.252 e. The van der Waals surface area contributed by atoms with E-state index in [0.29, 0.717) is 4.21 Å². The minimum absolute atomic E-state index is 0.0196. The van der Waals surface area contributed by atoms with E-state index >= 15 is 0 Å². The van der Waals surface area contributed by atoms with Crippen LogP contribution in [0.2, 0.25) is 0 Å². The first kappa shape index (κ1) is 19.0. The van der Waals surface area contributed by atoms with Crippen LogP contribution in [0.3, 0.4) is 0 Å². The summed E-state index contributed by atoms with van der Waals surface area (Å²) in [6.07, 6.45) is 3.98. The number of thioether (sulfide) groups is 1. The summed E-state index contributed by atoms with van der Waals surface area (Å²) in [6, 6.07) is 1.81. The van der Waals surface area contributed by atoms with Gasteiger partial charge in [0, 0.05) is 19.6 Å². The summed E-state index contributed by atoms with van der Waals surface area (Å²) in [7, 11) is -1.69. The third-order valence-electron chi connectivity index (χ3n) is 3.38. The fourth-order valence-electron chi connectivity index (χ4n) is 1.84. The van der Waals surface area contributed by atoms with E-state index in [1.165, 1.54) is 15.6 Å². The van der Waals surface area contributed by atoms with Crippen LogP contribution in [0.15, 0.2) is 15.7 Å². The summed E-state index contributed by atoms with van der Waals surface area (Å²) < 4.78 is 27.1. The van der Waals surface area contributed by atoms with Gasteiger partial charge in [0.2, 0.25) is 0 Å². The van der Waals surface area contributed by atoms with E-state index in [-0.39, 0.29) is 6.04 Å².